The molecule has 100 valence electrons. The summed E-state index contributed by atoms with van der Waals surface area (Å²) in [7, 11) is -0.335. The van der Waals surface area contributed by atoms with Crippen LogP contribution in [0.3, 0.4) is 0 Å². The molecule has 19 heavy (non-hydrogen) atoms. The van der Waals surface area contributed by atoms with E-state index in [0.29, 0.717) is 5.15 Å². The van der Waals surface area contributed by atoms with Crippen LogP contribution in [-0.4, -0.2) is 23.3 Å². The van der Waals surface area contributed by atoms with Crippen molar-refractivity contribution in [2.24, 2.45) is 0 Å². The average molecular weight is 296 g/mol. The second-order valence-corrected chi connectivity index (χ2v) is 7.22. The predicted octanol–water partition coefficient (Wildman–Crippen LogP) is 3.25. The first kappa shape index (κ1) is 13.4. The number of nitrogens with zero attached hydrogens (tertiary/aromatic N) is 1. The van der Waals surface area contributed by atoms with Gasteiger partial charge in [0, 0.05) is 21.1 Å². The van der Waals surface area contributed by atoms with Crippen LogP contribution in [0.15, 0.2) is 18.3 Å². The van der Waals surface area contributed by atoms with Crippen LogP contribution in [0.5, 0.6) is 0 Å². The van der Waals surface area contributed by atoms with Crippen LogP contribution in [0.4, 0.5) is 0 Å². The zero-order chi connectivity index (χ0) is 13.8. The summed E-state index contributed by atoms with van der Waals surface area (Å²) in [6, 6.07) is 3.97. The Labute approximate surface area is 122 Å². The Bertz CT molecular complexity index is 625. The molecule has 0 unspecified atom stereocenters. The molecule has 0 spiro atoms. The van der Waals surface area contributed by atoms with Crippen molar-refractivity contribution in [3.63, 3.8) is 0 Å². The van der Waals surface area contributed by atoms with Crippen molar-refractivity contribution >= 4 is 44.9 Å². The van der Waals surface area contributed by atoms with Gasteiger partial charge in [0.1, 0.15) is 5.15 Å². The molecule has 0 saturated carbocycles. The largest absolute Gasteiger partial charge is 0.505 e. The molecule has 0 aliphatic carbocycles. The zero-order valence-electron chi connectivity index (χ0n) is 11.4. The van der Waals surface area contributed by atoms with E-state index in [1.165, 1.54) is 0 Å². The van der Waals surface area contributed by atoms with Gasteiger partial charge in [-0.1, -0.05) is 11.6 Å². The molecular formula is C13H15BClNO2S. The van der Waals surface area contributed by atoms with Crippen LogP contribution >= 0.6 is 22.9 Å². The maximum Gasteiger partial charge on any atom is 0.505 e. The SMILES string of the molecule is CC1(C)OB(c2cc3c(Cl)nccc3s2)OC1(C)C. The first-order valence-corrected chi connectivity index (χ1v) is 7.39. The third-order valence-electron chi connectivity index (χ3n) is 3.90. The minimum Gasteiger partial charge on any atom is -0.399 e. The minimum absolute atomic E-state index is 0.324. The van der Waals surface area contributed by atoms with E-state index >= 15 is 0 Å². The predicted molar refractivity (Wildman–Crippen MR) is 80.3 cm³/mol. The van der Waals surface area contributed by atoms with Crippen LogP contribution < -0.4 is 4.78 Å². The Balaban J connectivity index is 2.01. The van der Waals surface area contributed by atoms with Crippen molar-refractivity contribution in [3.05, 3.63) is 23.5 Å². The van der Waals surface area contributed by atoms with E-state index in [2.05, 4.69) is 32.7 Å². The summed E-state index contributed by atoms with van der Waals surface area (Å²) >= 11 is 7.74. The number of rotatable bonds is 1. The lowest BCUT2D eigenvalue weighted by Gasteiger charge is -2.32. The van der Waals surface area contributed by atoms with Crippen molar-refractivity contribution in [1.82, 2.24) is 4.98 Å². The molecule has 0 atom stereocenters. The van der Waals surface area contributed by atoms with Gasteiger partial charge >= 0.3 is 7.12 Å². The van der Waals surface area contributed by atoms with Gasteiger partial charge in [-0.2, -0.15) is 0 Å². The second kappa shape index (κ2) is 4.19. The Hall–Kier alpha value is -0.615. The topological polar surface area (TPSA) is 31.4 Å². The van der Waals surface area contributed by atoms with Crippen LogP contribution in [0, 0.1) is 0 Å². The summed E-state index contributed by atoms with van der Waals surface area (Å²) < 4.78 is 14.2. The maximum absolute atomic E-state index is 6.10. The number of hydrogen-bond donors (Lipinski definition) is 0. The Kier molecular flexibility index (Phi) is 2.95. The van der Waals surface area contributed by atoms with Crippen molar-refractivity contribution < 1.29 is 9.31 Å². The summed E-state index contributed by atoms with van der Waals surface area (Å²) in [6.45, 7) is 8.20. The monoisotopic (exact) mass is 295 g/mol. The first-order valence-electron chi connectivity index (χ1n) is 6.20. The lowest BCUT2D eigenvalue weighted by atomic mass is 9.88. The van der Waals surface area contributed by atoms with Gasteiger partial charge in [0.15, 0.2) is 0 Å². The molecule has 0 bridgehead atoms. The number of pyridine rings is 1. The van der Waals surface area contributed by atoms with E-state index in [-0.39, 0.29) is 18.3 Å². The lowest BCUT2D eigenvalue weighted by Crippen LogP contribution is -2.41. The highest BCUT2D eigenvalue weighted by atomic mass is 35.5. The Morgan fingerprint density at radius 2 is 1.84 bits per heavy atom. The van der Waals surface area contributed by atoms with E-state index in [4.69, 9.17) is 20.9 Å². The van der Waals surface area contributed by atoms with Gasteiger partial charge in [0.25, 0.3) is 0 Å². The minimum atomic E-state index is -0.335. The molecule has 0 N–H and O–H groups in total. The van der Waals surface area contributed by atoms with Gasteiger partial charge in [-0.15, -0.1) is 11.3 Å². The number of hydrogen-bond acceptors (Lipinski definition) is 4. The third kappa shape index (κ3) is 2.09. The summed E-state index contributed by atoms with van der Waals surface area (Å²) in [6.07, 6.45) is 1.72. The molecule has 3 nitrogen and oxygen atoms in total. The molecule has 3 heterocycles. The number of thiophene rings is 1. The average Bonchev–Trinajstić information content (AvgIpc) is 2.80. The van der Waals surface area contributed by atoms with E-state index in [1.54, 1.807) is 17.5 Å². The summed E-state index contributed by atoms with van der Waals surface area (Å²) in [5.74, 6) is 0. The summed E-state index contributed by atoms with van der Waals surface area (Å²) in [4.78, 5) is 4.09. The van der Waals surface area contributed by atoms with Gasteiger partial charge < -0.3 is 9.31 Å². The highest BCUT2D eigenvalue weighted by Gasteiger charge is 2.52. The van der Waals surface area contributed by atoms with E-state index in [1.807, 2.05) is 12.1 Å². The fourth-order valence-electron chi connectivity index (χ4n) is 2.03. The molecule has 1 fully saturated rings. The molecule has 3 rings (SSSR count). The first-order chi connectivity index (χ1) is 8.80. The molecule has 2 aromatic heterocycles. The third-order valence-corrected chi connectivity index (χ3v) is 5.32. The molecule has 6 heteroatoms. The van der Waals surface area contributed by atoms with Crippen molar-refractivity contribution in [2.75, 3.05) is 0 Å². The standard InChI is InChI=1S/C13H15BClNO2S/c1-12(2)13(3,4)18-14(17-12)10-7-8-9(19-10)5-6-16-11(8)15/h5-7H,1-4H3. The van der Waals surface area contributed by atoms with Gasteiger partial charge in [0.05, 0.1) is 11.2 Å². The van der Waals surface area contributed by atoms with Crippen LogP contribution in [0.2, 0.25) is 5.15 Å². The molecule has 0 amide bonds. The second-order valence-electron chi connectivity index (χ2n) is 5.75. The number of halogens is 1. The van der Waals surface area contributed by atoms with Gasteiger partial charge in [-0.05, 0) is 39.8 Å². The van der Waals surface area contributed by atoms with Crippen LogP contribution in [-0.2, 0) is 9.31 Å². The van der Waals surface area contributed by atoms with E-state index in [9.17, 15) is 0 Å². The molecule has 1 saturated heterocycles. The van der Waals surface area contributed by atoms with Crippen molar-refractivity contribution in [2.45, 2.75) is 38.9 Å². The van der Waals surface area contributed by atoms with Crippen LogP contribution in [0.1, 0.15) is 27.7 Å². The fraction of sp³-hybridized carbons (Fsp3) is 0.462. The zero-order valence-corrected chi connectivity index (χ0v) is 12.9. The quantitative estimate of drug-likeness (QED) is 0.598. The van der Waals surface area contributed by atoms with E-state index < -0.39 is 0 Å². The fourth-order valence-corrected chi connectivity index (χ4v) is 3.31. The van der Waals surface area contributed by atoms with Gasteiger partial charge in [-0.3, -0.25) is 0 Å². The molecule has 1 aliphatic rings. The van der Waals surface area contributed by atoms with E-state index in [0.717, 1.165) is 14.9 Å². The van der Waals surface area contributed by atoms with Gasteiger partial charge in [-0.25, -0.2) is 4.98 Å². The lowest BCUT2D eigenvalue weighted by molar-refractivity contribution is 0.00578. The smallest absolute Gasteiger partial charge is 0.399 e. The molecular weight excluding hydrogens is 280 g/mol. The summed E-state index contributed by atoms with van der Waals surface area (Å²) in [5.41, 5.74) is -0.647. The van der Waals surface area contributed by atoms with Gasteiger partial charge in [0.2, 0.25) is 0 Å². The molecule has 1 aliphatic heterocycles. The van der Waals surface area contributed by atoms with Crippen LogP contribution in [0.25, 0.3) is 10.1 Å². The van der Waals surface area contributed by atoms with Crippen molar-refractivity contribution in [1.29, 1.82) is 0 Å². The number of aromatic nitrogens is 1. The van der Waals surface area contributed by atoms with Crippen molar-refractivity contribution in [3.8, 4) is 0 Å². The highest BCUT2D eigenvalue weighted by Crippen LogP contribution is 2.37. The molecule has 0 radical (unpaired) electrons. The normalized spacial score (nSPS) is 21.2. The Morgan fingerprint density at radius 3 is 2.42 bits per heavy atom. The highest BCUT2D eigenvalue weighted by molar-refractivity contribution is 7.28. The number of fused-ring (bicyclic) bond motifs is 1. The summed E-state index contributed by atoms with van der Waals surface area (Å²) in [5, 5.41) is 1.48. The molecule has 2 aromatic rings. The Morgan fingerprint density at radius 1 is 1.21 bits per heavy atom. The molecule has 0 aromatic carbocycles. The maximum atomic E-state index is 6.10.